The molecule has 2 atom stereocenters. The number of phosphoric acid groups is 1. The van der Waals surface area contributed by atoms with Gasteiger partial charge >= 0.3 is 7.82 Å². The lowest BCUT2D eigenvalue weighted by atomic mass is 10.1. The Labute approximate surface area is 93.4 Å². The van der Waals surface area contributed by atoms with E-state index < -0.39 is 32.5 Å². The van der Waals surface area contributed by atoms with Crippen LogP contribution in [0.3, 0.4) is 0 Å². The van der Waals surface area contributed by atoms with Gasteiger partial charge in [0.25, 0.3) is 0 Å². The Morgan fingerprint density at radius 2 is 2.12 bits per heavy atom. The maximum Gasteiger partial charge on any atom is 0.469 e. The van der Waals surface area contributed by atoms with Crippen LogP contribution in [0.2, 0.25) is 0 Å². The van der Waals surface area contributed by atoms with Gasteiger partial charge in [0.15, 0.2) is 0 Å². The number of nitrogens with one attached hydrogen (secondary N) is 1. The number of hydrogen-bond acceptors (Lipinski definition) is 4. The number of aliphatic hydroxyl groups is 1. The van der Waals surface area contributed by atoms with Crippen LogP contribution in [0, 0.1) is 0 Å². The lowest BCUT2D eigenvalue weighted by molar-refractivity contribution is -0.120. The summed E-state index contributed by atoms with van der Waals surface area (Å²) in [4.78, 5) is 27.8. The summed E-state index contributed by atoms with van der Waals surface area (Å²) in [5, 5.41) is 11.8. The van der Waals surface area contributed by atoms with Crippen LogP contribution in [0.5, 0.6) is 0 Å². The number of allylic oxidation sites excluding steroid dienone is 1. The zero-order valence-electron chi connectivity index (χ0n) is 9.03. The van der Waals surface area contributed by atoms with Gasteiger partial charge in [-0.2, -0.15) is 0 Å². The molecule has 0 heterocycles. The summed E-state index contributed by atoms with van der Waals surface area (Å²) in [5.41, 5.74) is 0. The van der Waals surface area contributed by atoms with Gasteiger partial charge < -0.3 is 20.2 Å². The molecule has 0 aromatic carbocycles. The van der Waals surface area contributed by atoms with Crippen molar-refractivity contribution in [3.63, 3.8) is 0 Å². The van der Waals surface area contributed by atoms with Gasteiger partial charge in [0.1, 0.15) is 0 Å². The fraction of sp³-hybridized carbons (Fsp3) is 0.625. The van der Waals surface area contributed by atoms with E-state index in [1.54, 1.807) is 13.0 Å². The monoisotopic (exact) mass is 253 g/mol. The van der Waals surface area contributed by atoms with Crippen molar-refractivity contribution in [1.29, 1.82) is 0 Å². The summed E-state index contributed by atoms with van der Waals surface area (Å²) < 4.78 is 14.7. The SMILES string of the molecule is CC=CC(O)C(COP(=O)(O)O)NC(C)=O. The molecule has 2 unspecified atom stereocenters. The summed E-state index contributed by atoms with van der Waals surface area (Å²) >= 11 is 0. The molecule has 0 saturated carbocycles. The molecule has 0 bridgehead atoms. The number of aliphatic hydroxyl groups excluding tert-OH is 1. The number of carbonyl (C=O) groups excluding carboxylic acids is 1. The molecule has 7 nitrogen and oxygen atoms in total. The predicted molar refractivity (Wildman–Crippen MR) is 56.4 cm³/mol. The Morgan fingerprint density at radius 1 is 1.56 bits per heavy atom. The summed E-state index contributed by atoms with van der Waals surface area (Å²) in [6.07, 6.45) is 1.86. The summed E-state index contributed by atoms with van der Waals surface area (Å²) in [6.45, 7) is 2.42. The molecule has 0 aliphatic carbocycles. The highest BCUT2D eigenvalue weighted by molar-refractivity contribution is 7.46. The third-order valence-corrected chi connectivity index (χ3v) is 2.10. The summed E-state index contributed by atoms with van der Waals surface area (Å²) in [7, 11) is -4.61. The standard InChI is InChI=1S/C8H16NO6P/c1-3-4-8(11)7(9-6(2)10)5-15-16(12,13)14/h3-4,7-8,11H,5H2,1-2H3,(H,9,10)(H2,12,13,14). The van der Waals surface area contributed by atoms with Gasteiger partial charge in [-0.05, 0) is 6.92 Å². The maximum absolute atomic E-state index is 10.8. The van der Waals surface area contributed by atoms with E-state index in [1.807, 2.05) is 0 Å². The van der Waals surface area contributed by atoms with E-state index in [0.29, 0.717) is 0 Å². The van der Waals surface area contributed by atoms with Crippen molar-refractivity contribution in [3.8, 4) is 0 Å². The number of amides is 1. The molecule has 0 aromatic heterocycles. The zero-order chi connectivity index (χ0) is 12.8. The molecule has 4 N–H and O–H groups in total. The topological polar surface area (TPSA) is 116 Å². The highest BCUT2D eigenvalue weighted by atomic mass is 31.2. The second-order valence-corrected chi connectivity index (χ2v) is 4.35. The van der Waals surface area contributed by atoms with Crippen molar-refractivity contribution in [2.45, 2.75) is 26.0 Å². The molecule has 0 aliphatic heterocycles. The molecule has 0 rings (SSSR count). The van der Waals surface area contributed by atoms with E-state index in [2.05, 4.69) is 9.84 Å². The average Bonchev–Trinajstić information content (AvgIpc) is 2.10. The number of hydrogen-bond donors (Lipinski definition) is 4. The van der Waals surface area contributed by atoms with Crippen LogP contribution in [-0.2, 0) is 13.9 Å². The molecule has 0 aromatic rings. The minimum atomic E-state index is -4.61. The van der Waals surface area contributed by atoms with Gasteiger partial charge in [-0.25, -0.2) is 4.57 Å². The van der Waals surface area contributed by atoms with E-state index in [0.717, 1.165) is 0 Å². The van der Waals surface area contributed by atoms with Gasteiger partial charge in [0.2, 0.25) is 5.91 Å². The average molecular weight is 253 g/mol. The highest BCUT2D eigenvalue weighted by Crippen LogP contribution is 2.35. The largest absolute Gasteiger partial charge is 0.469 e. The Bertz CT molecular complexity index is 299. The molecular formula is C8H16NO6P. The van der Waals surface area contributed by atoms with Crippen LogP contribution in [0.1, 0.15) is 13.8 Å². The van der Waals surface area contributed by atoms with Crippen LogP contribution in [-0.4, -0.2) is 39.6 Å². The van der Waals surface area contributed by atoms with E-state index in [-0.39, 0.29) is 0 Å². The summed E-state index contributed by atoms with van der Waals surface area (Å²) in [5.74, 6) is -0.428. The van der Waals surface area contributed by atoms with E-state index in [4.69, 9.17) is 9.79 Å². The Morgan fingerprint density at radius 3 is 2.50 bits per heavy atom. The minimum absolute atomic E-state index is 0.428. The van der Waals surface area contributed by atoms with Crippen LogP contribution in [0.25, 0.3) is 0 Å². The first-order valence-electron chi connectivity index (χ1n) is 4.54. The smallest absolute Gasteiger partial charge is 0.387 e. The van der Waals surface area contributed by atoms with Crippen molar-refractivity contribution in [1.82, 2.24) is 5.32 Å². The van der Waals surface area contributed by atoms with E-state index >= 15 is 0 Å². The van der Waals surface area contributed by atoms with Crippen LogP contribution >= 0.6 is 7.82 Å². The number of carbonyl (C=O) groups is 1. The Kier molecular flexibility index (Phi) is 6.47. The normalized spacial score (nSPS) is 16.1. The second-order valence-electron chi connectivity index (χ2n) is 3.11. The van der Waals surface area contributed by atoms with Crippen molar-refractivity contribution >= 4 is 13.7 Å². The van der Waals surface area contributed by atoms with Crippen molar-refractivity contribution in [2.24, 2.45) is 0 Å². The predicted octanol–water partition coefficient (Wildman–Crippen LogP) is -0.463. The van der Waals surface area contributed by atoms with Crippen molar-refractivity contribution < 1.29 is 28.8 Å². The van der Waals surface area contributed by atoms with Gasteiger partial charge in [-0.15, -0.1) is 0 Å². The minimum Gasteiger partial charge on any atom is -0.387 e. The quantitative estimate of drug-likeness (QED) is 0.376. The van der Waals surface area contributed by atoms with E-state index in [9.17, 15) is 14.5 Å². The number of rotatable bonds is 6. The third kappa shape index (κ3) is 7.56. The molecule has 8 heteroatoms. The summed E-state index contributed by atoms with van der Waals surface area (Å²) in [6, 6.07) is -0.902. The van der Waals surface area contributed by atoms with E-state index in [1.165, 1.54) is 13.0 Å². The second kappa shape index (κ2) is 6.78. The van der Waals surface area contributed by atoms with Crippen molar-refractivity contribution in [2.75, 3.05) is 6.61 Å². The molecule has 1 amide bonds. The lowest BCUT2D eigenvalue weighted by Crippen LogP contribution is -2.44. The first kappa shape index (κ1) is 15.3. The van der Waals surface area contributed by atoms with Gasteiger partial charge in [0, 0.05) is 6.92 Å². The molecule has 0 aliphatic rings. The van der Waals surface area contributed by atoms with Crippen molar-refractivity contribution in [3.05, 3.63) is 12.2 Å². The Balaban J connectivity index is 4.43. The fourth-order valence-electron chi connectivity index (χ4n) is 0.995. The fourth-order valence-corrected chi connectivity index (χ4v) is 1.35. The van der Waals surface area contributed by atoms with Crippen LogP contribution < -0.4 is 5.32 Å². The number of phosphoric ester groups is 1. The first-order valence-corrected chi connectivity index (χ1v) is 6.07. The molecule has 0 spiro atoms. The zero-order valence-corrected chi connectivity index (χ0v) is 9.92. The maximum atomic E-state index is 10.8. The third-order valence-electron chi connectivity index (χ3n) is 1.61. The molecule has 94 valence electrons. The molecule has 16 heavy (non-hydrogen) atoms. The van der Waals surface area contributed by atoms with Gasteiger partial charge in [-0.1, -0.05) is 12.2 Å². The van der Waals surface area contributed by atoms with Gasteiger partial charge in [0.05, 0.1) is 18.8 Å². The molecular weight excluding hydrogens is 237 g/mol. The molecule has 0 fully saturated rings. The highest BCUT2D eigenvalue weighted by Gasteiger charge is 2.23. The molecule has 0 saturated heterocycles. The molecule has 0 radical (unpaired) electrons. The van der Waals surface area contributed by atoms with Crippen LogP contribution in [0.4, 0.5) is 0 Å². The Hall–Kier alpha value is -0.720. The van der Waals surface area contributed by atoms with Crippen LogP contribution in [0.15, 0.2) is 12.2 Å². The first-order chi connectivity index (χ1) is 7.26. The lowest BCUT2D eigenvalue weighted by Gasteiger charge is -2.21. The van der Waals surface area contributed by atoms with Gasteiger partial charge in [-0.3, -0.25) is 9.32 Å².